The van der Waals surface area contributed by atoms with E-state index in [-0.39, 0.29) is 37.8 Å². The number of carbonyl (C=O) groups is 3. The minimum Gasteiger partial charge on any atom is -0.480 e. The van der Waals surface area contributed by atoms with Crippen LogP contribution in [-0.4, -0.2) is 75.1 Å². The van der Waals surface area contributed by atoms with Gasteiger partial charge in [0, 0.05) is 32.6 Å². The van der Waals surface area contributed by atoms with Crippen LogP contribution in [0.15, 0.2) is 12.5 Å². The molecule has 1 atom stereocenters. The number of nitrogens with two attached hydrogens (primary N) is 2. The molecule has 0 aliphatic carbocycles. The van der Waals surface area contributed by atoms with E-state index in [4.69, 9.17) is 27.1 Å². The van der Waals surface area contributed by atoms with Crippen LogP contribution in [0.3, 0.4) is 0 Å². The van der Waals surface area contributed by atoms with Crippen molar-refractivity contribution in [2.24, 2.45) is 11.5 Å². The quantitative estimate of drug-likeness (QED) is 0.198. The molecule has 0 bridgehead atoms. The Bertz CT molecular complexity index is 575. The van der Waals surface area contributed by atoms with Crippen molar-refractivity contribution in [2.75, 3.05) is 20.1 Å². The van der Waals surface area contributed by atoms with E-state index in [1.165, 1.54) is 13.4 Å². The summed E-state index contributed by atoms with van der Waals surface area (Å²) in [5.74, 6) is -2.69. The SMILES string of the molecule is CN(CC(=O)O)C(=N)N.NCCC(=O)NC(Cc1c[nH]cn1)C(=O)O. The van der Waals surface area contributed by atoms with E-state index < -0.39 is 18.0 Å². The van der Waals surface area contributed by atoms with Crippen LogP contribution in [-0.2, 0) is 20.8 Å². The third-order valence-electron chi connectivity index (χ3n) is 2.76. The molecule has 1 heterocycles. The van der Waals surface area contributed by atoms with Gasteiger partial charge in [0.05, 0.1) is 12.0 Å². The van der Waals surface area contributed by atoms with E-state index in [0.717, 1.165) is 4.90 Å². The second kappa shape index (κ2) is 11.4. The molecule has 25 heavy (non-hydrogen) atoms. The zero-order valence-corrected chi connectivity index (χ0v) is 13.7. The molecule has 1 aromatic heterocycles. The summed E-state index contributed by atoms with van der Waals surface area (Å²) in [7, 11) is 1.44. The minimum atomic E-state index is -1.09. The highest BCUT2D eigenvalue weighted by Crippen LogP contribution is 1.99. The number of guanidine groups is 1. The molecule has 1 unspecified atom stereocenters. The number of nitrogens with one attached hydrogen (secondary N) is 3. The molecule has 0 aliphatic rings. The molecule has 140 valence electrons. The van der Waals surface area contributed by atoms with Gasteiger partial charge in [0.1, 0.15) is 12.6 Å². The predicted octanol–water partition coefficient (Wildman–Crippen LogP) is -2.23. The predicted molar refractivity (Wildman–Crippen MR) is 87.7 cm³/mol. The van der Waals surface area contributed by atoms with Gasteiger partial charge in [-0.15, -0.1) is 0 Å². The summed E-state index contributed by atoms with van der Waals surface area (Å²) in [6.07, 6.45) is 3.31. The van der Waals surface area contributed by atoms with Crippen LogP contribution < -0.4 is 16.8 Å². The van der Waals surface area contributed by atoms with E-state index in [2.05, 4.69) is 15.3 Å². The number of aliphatic carboxylic acids is 2. The topological polar surface area (TPSA) is 212 Å². The lowest BCUT2D eigenvalue weighted by atomic mass is 10.1. The number of hydrogen-bond acceptors (Lipinski definition) is 6. The number of carboxylic acid groups (broad SMARTS) is 2. The number of hydrogen-bond donors (Lipinski definition) is 7. The number of aromatic nitrogens is 2. The molecule has 0 aromatic carbocycles. The molecule has 0 radical (unpaired) electrons. The molecule has 1 aromatic rings. The molecule has 1 rings (SSSR count). The highest BCUT2D eigenvalue weighted by molar-refractivity contribution is 5.83. The summed E-state index contributed by atoms with van der Waals surface area (Å²) in [4.78, 5) is 39.7. The minimum absolute atomic E-state index is 0.115. The Morgan fingerprint density at radius 2 is 2.08 bits per heavy atom. The van der Waals surface area contributed by atoms with Gasteiger partial charge in [-0.3, -0.25) is 15.0 Å². The Morgan fingerprint density at radius 3 is 2.44 bits per heavy atom. The third-order valence-corrected chi connectivity index (χ3v) is 2.76. The molecule has 9 N–H and O–H groups in total. The van der Waals surface area contributed by atoms with Crippen molar-refractivity contribution in [3.05, 3.63) is 18.2 Å². The highest BCUT2D eigenvalue weighted by Gasteiger charge is 2.20. The Morgan fingerprint density at radius 1 is 1.44 bits per heavy atom. The fourth-order valence-corrected chi connectivity index (χ4v) is 1.50. The first kappa shape index (κ1) is 21.9. The van der Waals surface area contributed by atoms with Gasteiger partial charge in [-0.05, 0) is 0 Å². The maximum Gasteiger partial charge on any atom is 0.326 e. The van der Waals surface area contributed by atoms with Gasteiger partial charge in [-0.2, -0.15) is 0 Å². The number of nitrogens with zero attached hydrogens (tertiary/aromatic N) is 2. The molecule has 0 spiro atoms. The van der Waals surface area contributed by atoms with E-state index in [9.17, 15) is 14.4 Å². The monoisotopic (exact) mass is 357 g/mol. The summed E-state index contributed by atoms with van der Waals surface area (Å²) >= 11 is 0. The van der Waals surface area contributed by atoms with Gasteiger partial charge < -0.3 is 36.9 Å². The van der Waals surface area contributed by atoms with Crippen molar-refractivity contribution in [2.45, 2.75) is 18.9 Å². The third kappa shape index (κ3) is 10.3. The molecular weight excluding hydrogens is 334 g/mol. The van der Waals surface area contributed by atoms with Gasteiger partial charge in [0.2, 0.25) is 5.91 Å². The first-order valence-electron chi connectivity index (χ1n) is 7.14. The molecular formula is C13H23N7O5. The standard InChI is InChI=1S/C9H14N4O3.C4H9N3O2/c10-2-1-8(14)13-7(9(15)16)3-6-4-11-5-12-6;1-7(4(5)6)2-3(8)9/h4-5,7H,1-3,10H2,(H,11,12)(H,13,14)(H,15,16);2H2,1H3,(H3,5,6)(H,8,9). The van der Waals surface area contributed by atoms with Crippen LogP contribution >= 0.6 is 0 Å². The number of imidazole rings is 1. The highest BCUT2D eigenvalue weighted by atomic mass is 16.4. The van der Waals surface area contributed by atoms with E-state index in [0.29, 0.717) is 5.69 Å². The molecule has 0 fully saturated rings. The van der Waals surface area contributed by atoms with Gasteiger partial charge in [-0.1, -0.05) is 0 Å². The van der Waals surface area contributed by atoms with Crippen molar-refractivity contribution < 1.29 is 24.6 Å². The number of carboxylic acids is 2. The van der Waals surface area contributed by atoms with Crippen LogP contribution in [0.1, 0.15) is 12.1 Å². The Kier molecular flexibility index (Phi) is 9.96. The number of likely N-dealkylation sites (N-methyl/N-ethyl adjacent to an activating group) is 1. The van der Waals surface area contributed by atoms with Crippen molar-refractivity contribution >= 4 is 23.8 Å². The van der Waals surface area contributed by atoms with Gasteiger partial charge >= 0.3 is 11.9 Å². The van der Waals surface area contributed by atoms with Gasteiger partial charge in [0.25, 0.3) is 0 Å². The van der Waals surface area contributed by atoms with Crippen molar-refractivity contribution in [1.82, 2.24) is 20.2 Å². The van der Waals surface area contributed by atoms with Crippen molar-refractivity contribution in [3.63, 3.8) is 0 Å². The normalized spacial score (nSPS) is 10.8. The Labute approximate surface area is 143 Å². The average Bonchev–Trinajstić information content (AvgIpc) is 2.99. The van der Waals surface area contributed by atoms with Crippen LogP contribution in [0, 0.1) is 5.41 Å². The number of carbonyl (C=O) groups excluding carboxylic acids is 1. The van der Waals surface area contributed by atoms with E-state index in [1.54, 1.807) is 6.20 Å². The smallest absolute Gasteiger partial charge is 0.326 e. The van der Waals surface area contributed by atoms with E-state index >= 15 is 0 Å². The van der Waals surface area contributed by atoms with Crippen molar-refractivity contribution in [1.29, 1.82) is 5.41 Å². The van der Waals surface area contributed by atoms with Crippen LogP contribution in [0.25, 0.3) is 0 Å². The van der Waals surface area contributed by atoms with Crippen molar-refractivity contribution in [3.8, 4) is 0 Å². The van der Waals surface area contributed by atoms with Crippen LogP contribution in [0.4, 0.5) is 0 Å². The van der Waals surface area contributed by atoms with Crippen LogP contribution in [0.2, 0.25) is 0 Å². The lowest BCUT2D eigenvalue weighted by Crippen LogP contribution is -2.42. The molecule has 12 nitrogen and oxygen atoms in total. The first-order chi connectivity index (χ1) is 11.7. The fourth-order valence-electron chi connectivity index (χ4n) is 1.50. The van der Waals surface area contributed by atoms with Gasteiger partial charge in [-0.25, -0.2) is 9.78 Å². The number of aromatic amines is 1. The molecule has 12 heteroatoms. The number of amides is 1. The molecule has 0 saturated heterocycles. The summed E-state index contributed by atoms with van der Waals surface area (Å²) in [6.45, 7) is -0.0318. The average molecular weight is 357 g/mol. The zero-order chi connectivity index (χ0) is 19.4. The summed E-state index contributed by atoms with van der Waals surface area (Å²) < 4.78 is 0. The van der Waals surface area contributed by atoms with Crippen LogP contribution in [0.5, 0.6) is 0 Å². The maximum absolute atomic E-state index is 11.2. The summed E-state index contributed by atoms with van der Waals surface area (Å²) in [5, 5.41) is 26.2. The number of H-pyrrole nitrogens is 1. The van der Waals surface area contributed by atoms with E-state index in [1.807, 2.05) is 0 Å². The largest absolute Gasteiger partial charge is 0.480 e. The lowest BCUT2D eigenvalue weighted by molar-refractivity contribution is -0.141. The molecule has 1 amide bonds. The van der Waals surface area contributed by atoms with Gasteiger partial charge in [0.15, 0.2) is 5.96 Å². The second-order valence-electron chi connectivity index (χ2n) is 4.90. The molecule has 0 saturated carbocycles. The zero-order valence-electron chi connectivity index (χ0n) is 13.7. The first-order valence-corrected chi connectivity index (χ1v) is 7.14. The fraction of sp³-hybridized carbons (Fsp3) is 0.462. The number of rotatable bonds is 8. The summed E-state index contributed by atoms with van der Waals surface area (Å²) in [5.41, 5.74) is 10.7. The second-order valence-corrected chi connectivity index (χ2v) is 4.90. The summed E-state index contributed by atoms with van der Waals surface area (Å²) in [6, 6.07) is -0.970. The lowest BCUT2D eigenvalue weighted by Gasteiger charge is -2.12. The Balaban J connectivity index is 0.000000547. The molecule has 0 aliphatic heterocycles. The Hall–Kier alpha value is -3.15. The maximum atomic E-state index is 11.2.